The van der Waals surface area contributed by atoms with Crippen LogP contribution in [0.5, 0.6) is 0 Å². The minimum Gasteiger partial charge on any atom is -0.462 e. The molecular weight excluding hydrogens is 436 g/mol. The smallest absolute Gasteiger partial charge is 0.293 e. The van der Waals surface area contributed by atoms with Crippen LogP contribution in [0.1, 0.15) is 52.9 Å². The third-order valence-corrected chi connectivity index (χ3v) is 7.75. The second-order valence-corrected chi connectivity index (χ2v) is 11.4. The van der Waals surface area contributed by atoms with E-state index in [4.69, 9.17) is 0 Å². The Kier molecular flexibility index (Phi) is 7.97. The van der Waals surface area contributed by atoms with Crippen LogP contribution < -0.4 is 0 Å². The maximum atomic E-state index is 13.1. The molecule has 6 nitrogen and oxygen atoms in total. The van der Waals surface area contributed by atoms with Gasteiger partial charge in [0.05, 0.1) is 4.90 Å². The molecule has 1 fully saturated rings. The van der Waals surface area contributed by atoms with Crippen molar-refractivity contribution in [2.75, 3.05) is 7.05 Å². The maximum absolute atomic E-state index is 13.1. The van der Waals surface area contributed by atoms with E-state index in [0.29, 0.717) is 11.4 Å². The number of para-hydroxylation sites is 1. The number of hydrogen-bond acceptors (Lipinski definition) is 4. The number of hydrogen-bond donors (Lipinski definition) is 1. The topological polar surface area (TPSA) is 79.5 Å². The highest BCUT2D eigenvalue weighted by Crippen LogP contribution is 2.29. The Morgan fingerprint density at radius 1 is 1.00 bits per heavy atom. The van der Waals surface area contributed by atoms with Crippen LogP contribution in [0.4, 0.5) is 0 Å². The summed E-state index contributed by atoms with van der Waals surface area (Å²) in [6.45, 7) is 5.92. The molecular formula is C26H34N2O4S. The van der Waals surface area contributed by atoms with Gasteiger partial charge in [0.1, 0.15) is 5.60 Å². The van der Waals surface area contributed by atoms with E-state index >= 15 is 0 Å². The molecule has 0 amide bonds. The minimum atomic E-state index is -3.48. The summed E-state index contributed by atoms with van der Waals surface area (Å²) in [5.41, 5.74) is 2.56. The normalized spacial score (nSPS) is 15.2. The van der Waals surface area contributed by atoms with Crippen molar-refractivity contribution in [3.05, 3.63) is 54.6 Å². The average molecular weight is 471 g/mol. The van der Waals surface area contributed by atoms with Gasteiger partial charge in [-0.1, -0.05) is 49.6 Å². The zero-order chi connectivity index (χ0) is 24.1. The van der Waals surface area contributed by atoms with Crippen LogP contribution in [0, 0.1) is 0 Å². The molecule has 3 aromatic rings. The molecule has 0 radical (unpaired) electrons. The Morgan fingerprint density at radius 2 is 1.70 bits per heavy atom. The van der Waals surface area contributed by atoms with E-state index in [-0.39, 0.29) is 11.6 Å². The van der Waals surface area contributed by atoms with Crippen LogP contribution in [0.2, 0.25) is 0 Å². The fraction of sp³-hybridized carbons (Fsp3) is 0.423. The molecule has 0 aliphatic heterocycles. The summed E-state index contributed by atoms with van der Waals surface area (Å²) >= 11 is 0. The number of fused-ring (bicyclic) bond motifs is 1. The maximum Gasteiger partial charge on any atom is 0.293 e. The Hall–Kier alpha value is -2.64. The monoisotopic (exact) mass is 470 g/mol. The first-order valence-electron chi connectivity index (χ1n) is 11.4. The molecule has 1 aromatic heterocycles. The van der Waals surface area contributed by atoms with Gasteiger partial charge in [-0.15, -0.1) is 0 Å². The van der Waals surface area contributed by atoms with Gasteiger partial charge in [-0.3, -0.25) is 4.79 Å². The summed E-state index contributed by atoms with van der Waals surface area (Å²) in [6.07, 6.45) is 5.34. The largest absolute Gasteiger partial charge is 0.462 e. The molecule has 33 heavy (non-hydrogen) atoms. The van der Waals surface area contributed by atoms with Gasteiger partial charge in [-0.25, -0.2) is 8.42 Å². The van der Waals surface area contributed by atoms with E-state index in [2.05, 4.69) is 15.8 Å². The number of benzene rings is 2. The van der Waals surface area contributed by atoms with E-state index in [1.54, 1.807) is 23.5 Å². The summed E-state index contributed by atoms with van der Waals surface area (Å²) in [5, 5.41) is 1.12. The first-order chi connectivity index (χ1) is 15.6. The van der Waals surface area contributed by atoms with Gasteiger partial charge in [0, 0.05) is 29.7 Å². The summed E-state index contributed by atoms with van der Waals surface area (Å²) < 4.78 is 32.3. The van der Waals surface area contributed by atoms with Gasteiger partial charge in [-0.2, -0.15) is 4.31 Å². The van der Waals surface area contributed by atoms with Gasteiger partial charge < -0.3 is 9.72 Å². The average Bonchev–Trinajstić information content (AvgIpc) is 3.23. The van der Waals surface area contributed by atoms with E-state index in [0.717, 1.165) is 47.8 Å². The molecule has 1 saturated carbocycles. The summed E-state index contributed by atoms with van der Waals surface area (Å²) in [6, 6.07) is 17.5. The van der Waals surface area contributed by atoms with Crippen molar-refractivity contribution in [1.82, 2.24) is 9.29 Å². The van der Waals surface area contributed by atoms with Crippen molar-refractivity contribution < 1.29 is 17.9 Å². The number of rotatable bonds is 5. The van der Waals surface area contributed by atoms with Crippen LogP contribution >= 0.6 is 0 Å². The molecule has 0 saturated heterocycles. The number of aromatic nitrogens is 1. The first-order valence-corrected chi connectivity index (χ1v) is 12.8. The van der Waals surface area contributed by atoms with Gasteiger partial charge in [0.15, 0.2) is 0 Å². The molecule has 178 valence electrons. The number of nitrogens with one attached hydrogen (secondary N) is 1. The van der Waals surface area contributed by atoms with Crippen LogP contribution in [0.25, 0.3) is 22.2 Å². The summed E-state index contributed by atoms with van der Waals surface area (Å²) in [5.74, 6) is 0. The highest BCUT2D eigenvalue weighted by molar-refractivity contribution is 7.89. The SMILES string of the molecule is CC(C)(C)OC=O.CN(C1CCCCC1)S(=O)(=O)c1cccc(-c2cc3ccccc3[nH]2)c1. The van der Waals surface area contributed by atoms with Gasteiger partial charge >= 0.3 is 0 Å². The van der Waals surface area contributed by atoms with Crippen molar-refractivity contribution in [3.8, 4) is 11.3 Å². The number of sulfonamides is 1. The second kappa shape index (κ2) is 10.5. The Bertz CT molecular complexity index is 1140. The van der Waals surface area contributed by atoms with E-state index < -0.39 is 10.0 Å². The van der Waals surface area contributed by atoms with E-state index in [1.807, 2.05) is 57.2 Å². The standard InChI is InChI=1S/C21H24N2O2S.C5H10O2/c1-23(18-10-3-2-4-11-18)26(24,25)19-12-7-9-16(14-19)21-15-17-8-5-6-13-20(17)22-21;1-5(2,3)7-4-6/h5-9,12-15,18,22H,2-4,10-11H2,1H3;4H,1-3H3. The number of carbonyl (C=O) groups excluding carboxylic acids is 1. The predicted molar refractivity (Wildman–Crippen MR) is 132 cm³/mol. The molecule has 7 heteroatoms. The van der Waals surface area contributed by atoms with Crippen molar-refractivity contribution >= 4 is 27.4 Å². The Morgan fingerprint density at radius 3 is 2.30 bits per heavy atom. The van der Waals surface area contributed by atoms with Crippen LogP contribution in [-0.2, 0) is 19.6 Å². The first kappa shape index (κ1) is 25.0. The zero-order valence-electron chi connectivity index (χ0n) is 19.9. The molecule has 1 N–H and O–H groups in total. The number of H-pyrrole nitrogens is 1. The van der Waals surface area contributed by atoms with E-state index in [9.17, 15) is 13.2 Å². The predicted octanol–water partition coefficient (Wildman–Crippen LogP) is 5.75. The lowest BCUT2D eigenvalue weighted by Gasteiger charge is -2.30. The lowest BCUT2D eigenvalue weighted by molar-refractivity contribution is -0.138. The minimum absolute atomic E-state index is 0.116. The van der Waals surface area contributed by atoms with Crippen molar-refractivity contribution in [3.63, 3.8) is 0 Å². The number of aromatic amines is 1. The quantitative estimate of drug-likeness (QED) is 0.482. The number of carbonyl (C=O) groups is 1. The highest BCUT2D eigenvalue weighted by atomic mass is 32.2. The third-order valence-electron chi connectivity index (χ3n) is 5.84. The molecule has 0 atom stereocenters. The lowest BCUT2D eigenvalue weighted by Crippen LogP contribution is -2.38. The summed E-state index contributed by atoms with van der Waals surface area (Å²) in [4.78, 5) is 13.3. The van der Waals surface area contributed by atoms with Crippen molar-refractivity contribution in [1.29, 1.82) is 0 Å². The van der Waals surface area contributed by atoms with Crippen molar-refractivity contribution in [2.45, 2.75) is 69.4 Å². The fourth-order valence-corrected chi connectivity index (χ4v) is 5.47. The molecule has 0 unspecified atom stereocenters. The van der Waals surface area contributed by atoms with Crippen molar-refractivity contribution in [2.24, 2.45) is 0 Å². The second-order valence-electron chi connectivity index (χ2n) is 9.44. The molecule has 4 rings (SSSR count). The number of nitrogens with zero attached hydrogens (tertiary/aromatic N) is 1. The Balaban J connectivity index is 0.000000383. The molecule has 0 bridgehead atoms. The molecule has 1 aliphatic carbocycles. The lowest BCUT2D eigenvalue weighted by atomic mass is 9.96. The van der Waals surface area contributed by atoms with Crippen LogP contribution in [0.15, 0.2) is 59.5 Å². The molecule has 0 spiro atoms. The Labute approximate surface area is 197 Å². The molecule has 1 heterocycles. The van der Waals surface area contributed by atoms with Gasteiger partial charge in [0.2, 0.25) is 10.0 Å². The van der Waals surface area contributed by atoms with Crippen LogP contribution in [-0.4, -0.2) is 42.9 Å². The van der Waals surface area contributed by atoms with Crippen LogP contribution in [0.3, 0.4) is 0 Å². The zero-order valence-corrected chi connectivity index (χ0v) is 20.7. The highest BCUT2D eigenvalue weighted by Gasteiger charge is 2.29. The van der Waals surface area contributed by atoms with E-state index in [1.165, 1.54) is 6.42 Å². The third kappa shape index (κ3) is 6.45. The van der Waals surface area contributed by atoms with Gasteiger partial charge in [0.25, 0.3) is 6.47 Å². The number of ether oxygens (including phenoxy) is 1. The molecule has 2 aromatic carbocycles. The fourth-order valence-electron chi connectivity index (χ4n) is 4.00. The van der Waals surface area contributed by atoms with Gasteiger partial charge in [-0.05, 0) is 63.4 Å². The molecule has 1 aliphatic rings. The summed E-state index contributed by atoms with van der Waals surface area (Å²) in [7, 11) is -1.76.